The Morgan fingerprint density at radius 3 is 2.57 bits per heavy atom. The van der Waals surface area contributed by atoms with Gasteiger partial charge in [0.25, 0.3) is 0 Å². The van der Waals surface area contributed by atoms with Gasteiger partial charge in [0, 0.05) is 11.1 Å². The molecule has 0 bridgehead atoms. The summed E-state index contributed by atoms with van der Waals surface area (Å²) in [6.07, 6.45) is 0. The van der Waals surface area contributed by atoms with Crippen molar-refractivity contribution in [3.63, 3.8) is 0 Å². The molecule has 0 atom stereocenters. The number of aromatic amines is 1. The molecule has 0 fully saturated rings. The molecule has 0 radical (unpaired) electrons. The number of nitrogens with one attached hydrogen (secondary N) is 1. The maximum atomic E-state index is 11.6. The lowest BCUT2D eigenvalue weighted by atomic mass is 10.1. The smallest absolute Gasteiger partial charge is 0.417 e. The van der Waals surface area contributed by atoms with Gasteiger partial charge in [-0.1, -0.05) is 30.3 Å². The van der Waals surface area contributed by atoms with Gasteiger partial charge in [-0.05, 0) is 18.2 Å². The summed E-state index contributed by atoms with van der Waals surface area (Å²) in [7, 11) is 0. The number of fused-ring (bicyclic) bond motifs is 1. The van der Waals surface area contributed by atoms with Gasteiger partial charge in [-0.2, -0.15) is 0 Å². The Kier molecular flexibility index (Phi) is 2.57. The van der Waals surface area contributed by atoms with Crippen LogP contribution in [0.3, 0.4) is 0 Å². The summed E-state index contributed by atoms with van der Waals surface area (Å²) >= 11 is 0. The van der Waals surface area contributed by atoms with E-state index in [4.69, 9.17) is 13.9 Å². The van der Waals surface area contributed by atoms with Crippen LogP contribution in [0.2, 0.25) is 0 Å². The van der Waals surface area contributed by atoms with E-state index in [0.717, 1.165) is 11.1 Å². The minimum absolute atomic E-state index is 0.215. The molecule has 2 heterocycles. The van der Waals surface area contributed by atoms with Crippen molar-refractivity contribution < 1.29 is 13.9 Å². The van der Waals surface area contributed by atoms with Crippen molar-refractivity contribution >= 4 is 0 Å². The number of hydrogen-bond acceptors (Lipinski definition) is 4. The van der Waals surface area contributed by atoms with Crippen LogP contribution in [-0.2, 0) is 0 Å². The summed E-state index contributed by atoms with van der Waals surface area (Å²) in [5.41, 5.74) is 2.27. The maximum Gasteiger partial charge on any atom is 0.417 e. The molecule has 3 aromatic rings. The average Bonchev–Trinajstić information content (AvgIpc) is 3.13. The van der Waals surface area contributed by atoms with Gasteiger partial charge in [-0.15, -0.1) is 0 Å². The number of aromatic nitrogens is 1. The third kappa shape index (κ3) is 1.99. The third-order valence-corrected chi connectivity index (χ3v) is 3.35. The molecule has 1 aliphatic heterocycles. The summed E-state index contributed by atoms with van der Waals surface area (Å²) in [5.74, 6) is 1.39. The summed E-state index contributed by atoms with van der Waals surface area (Å²) in [5, 5.41) is 0. The second-order valence-corrected chi connectivity index (χ2v) is 4.65. The summed E-state index contributed by atoms with van der Waals surface area (Å²) in [6.45, 7) is 0.215. The number of benzene rings is 2. The predicted octanol–water partition coefficient (Wildman–Crippen LogP) is 3.03. The zero-order valence-corrected chi connectivity index (χ0v) is 11.0. The van der Waals surface area contributed by atoms with Crippen LogP contribution < -0.4 is 15.2 Å². The molecule has 0 saturated carbocycles. The number of hydrogen-bond donors (Lipinski definition) is 1. The van der Waals surface area contributed by atoms with Gasteiger partial charge in [0.15, 0.2) is 17.3 Å². The van der Waals surface area contributed by atoms with Crippen molar-refractivity contribution in [2.45, 2.75) is 0 Å². The molecule has 0 aliphatic carbocycles. The van der Waals surface area contributed by atoms with E-state index >= 15 is 0 Å². The molecule has 5 nitrogen and oxygen atoms in total. The molecular formula is C16H11NO4. The van der Waals surface area contributed by atoms with E-state index in [9.17, 15) is 4.79 Å². The summed E-state index contributed by atoms with van der Waals surface area (Å²) in [4.78, 5) is 14.3. The lowest BCUT2D eigenvalue weighted by Gasteiger charge is -2.03. The highest BCUT2D eigenvalue weighted by Crippen LogP contribution is 2.37. The highest BCUT2D eigenvalue weighted by molar-refractivity contribution is 5.77. The normalized spacial score (nSPS) is 12.6. The first-order valence-corrected chi connectivity index (χ1v) is 6.50. The molecule has 4 rings (SSSR count). The van der Waals surface area contributed by atoms with Crippen LogP contribution in [0.15, 0.2) is 57.7 Å². The van der Waals surface area contributed by atoms with Crippen molar-refractivity contribution in [1.29, 1.82) is 0 Å². The average molecular weight is 281 g/mol. The third-order valence-electron chi connectivity index (χ3n) is 3.35. The fourth-order valence-corrected chi connectivity index (χ4v) is 2.38. The molecule has 0 saturated heterocycles. The van der Waals surface area contributed by atoms with Crippen molar-refractivity contribution in [2.24, 2.45) is 0 Å². The Labute approximate surface area is 119 Å². The van der Waals surface area contributed by atoms with Gasteiger partial charge < -0.3 is 13.9 Å². The van der Waals surface area contributed by atoms with Crippen LogP contribution in [0.4, 0.5) is 0 Å². The topological polar surface area (TPSA) is 64.5 Å². The molecule has 0 spiro atoms. The van der Waals surface area contributed by atoms with Gasteiger partial charge in [0.1, 0.15) is 0 Å². The lowest BCUT2D eigenvalue weighted by molar-refractivity contribution is 0.174. The van der Waals surface area contributed by atoms with Gasteiger partial charge in [0.05, 0.1) is 5.69 Å². The van der Waals surface area contributed by atoms with Gasteiger partial charge >= 0.3 is 5.76 Å². The minimum Gasteiger partial charge on any atom is -0.454 e. The van der Waals surface area contributed by atoms with E-state index in [0.29, 0.717) is 23.0 Å². The number of rotatable bonds is 2. The molecule has 104 valence electrons. The highest BCUT2D eigenvalue weighted by Gasteiger charge is 2.18. The quantitative estimate of drug-likeness (QED) is 0.784. The molecular weight excluding hydrogens is 270 g/mol. The van der Waals surface area contributed by atoms with Crippen LogP contribution in [0.5, 0.6) is 11.5 Å². The van der Waals surface area contributed by atoms with Gasteiger partial charge in [0.2, 0.25) is 6.79 Å². The van der Waals surface area contributed by atoms with E-state index in [1.165, 1.54) is 0 Å². The first kappa shape index (κ1) is 11.8. The van der Waals surface area contributed by atoms with Crippen LogP contribution in [-0.4, -0.2) is 11.8 Å². The van der Waals surface area contributed by atoms with E-state index in [1.54, 1.807) is 0 Å². The molecule has 0 amide bonds. The first-order chi connectivity index (χ1) is 10.3. The van der Waals surface area contributed by atoms with Crippen molar-refractivity contribution in [3.8, 4) is 34.1 Å². The van der Waals surface area contributed by atoms with E-state index in [2.05, 4.69) is 4.98 Å². The predicted molar refractivity (Wildman–Crippen MR) is 76.3 cm³/mol. The molecule has 2 aromatic carbocycles. The molecule has 1 aromatic heterocycles. The van der Waals surface area contributed by atoms with E-state index in [-0.39, 0.29) is 6.79 Å². The van der Waals surface area contributed by atoms with Crippen LogP contribution in [0, 0.1) is 0 Å². The second-order valence-electron chi connectivity index (χ2n) is 4.65. The summed E-state index contributed by atoms with van der Waals surface area (Å²) < 4.78 is 16.0. The molecule has 5 heteroatoms. The van der Waals surface area contributed by atoms with Crippen molar-refractivity contribution in [2.75, 3.05) is 6.79 Å². The lowest BCUT2D eigenvalue weighted by Crippen LogP contribution is -1.94. The molecule has 0 unspecified atom stereocenters. The first-order valence-electron chi connectivity index (χ1n) is 6.50. The Morgan fingerprint density at radius 2 is 1.71 bits per heavy atom. The highest BCUT2D eigenvalue weighted by atomic mass is 16.7. The Hall–Kier alpha value is -2.95. The number of oxazole rings is 1. The molecule has 21 heavy (non-hydrogen) atoms. The molecule has 1 N–H and O–H groups in total. The van der Waals surface area contributed by atoms with Crippen molar-refractivity contribution in [1.82, 2.24) is 4.98 Å². The fourth-order valence-electron chi connectivity index (χ4n) is 2.38. The Bertz CT molecular complexity index is 848. The largest absolute Gasteiger partial charge is 0.454 e. The minimum atomic E-state index is -0.485. The van der Waals surface area contributed by atoms with E-state index in [1.807, 2.05) is 48.5 Å². The standard InChI is InChI=1S/C16H11NO4/c18-16-17-14(15(21-16)10-4-2-1-3-5-10)11-6-7-12-13(8-11)20-9-19-12/h1-8H,9H2,(H,17,18). The number of ether oxygens (including phenoxy) is 2. The zero-order chi connectivity index (χ0) is 14.2. The monoisotopic (exact) mass is 281 g/mol. The number of H-pyrrole nitrogens is 1. The van der Waals surface area contributed by atoms with Gasteiger partial charge in [-0.25, -0.2) is 4.79 Å². The van der Waals surface area contributed by atoms with E-state index < -0.39 is 5.76 Å². The molecule has 1 aliphatic rings. The van der Waals surface area contributed by atoms with Crippen LogP contribution in [0.25, 0.3) is 22.6 Å². The Morgan fingerprint density at radius 1 is 0.905 bits per heavy atom. The van der Waals surface area contributed by atoms with Crippen molar-refractivity contribution in [3.05, 3.63) is 59.1 Å². The van der Waals surface area contributed by atoms with Crippen LogP contribution in [0.1, 0.15) is 0 Å². The fraction of sp³-hybridized carbons (Fsp3) is 0.0625. The zero-order valence-electron chi connectivity index (χ0n) is 11.0. The Balaban J connectivity index is 1.88. The summed E-state index contributed by atoms with van der Waals surface area (Å²) in [6, 6.07) is 15.0. The van der Waals surface area contributed by atoms with Gasteiger partial charge in [-0.3, -0.25) is 4.98 Å². The van der Waals surface area contributed by atoms with Crippen LogP contribution >= 0.6 is 0 Å². The SMILES string of the molecule is O=c1[nH]c(-c2ccc3c(c2)OCO3)c(-c2ccccc2)o1. The second kappa shape index (κ2) is 4.56. The maximum absolute atomic E-state index is 11.6.